The molecule has 1 aromatic rings. The van der Waals surface area contributed by atoms with Gasteiger partial charge in [-0.2, -0.15) is 0 Å². The van der Waals surface area contributed by atoms with Crippen LogP contribution in [0.5, 0.6) is 0 Å². The SMILES string of the molecule is CCN1C(=O)C(=O)N(CC(=O)c2ccc(C)cc2)C1=O. The molecule has 1 aliphatic rings. The summed E-state index contributed by atoms with van der Waals surface area (Å²) in [5.74, 6) is -2.20. The van der Waals surface area contributed by atoms with Crippen LogP contribution in [0.2, 0.25) is 0 Å². The zero-order valence-electron chi connectivity index (χ0n) is 11.3. The van der Waals surface area contributed by atoms with Gasteiger partial charge in [-0.05, 0) is 13.8 Å². The third-order valence-electron chi connectivity index (χ3n) is 3.13. The van der Waals surface area contributed by atoms with Crippen LogP contribution in [0, 0.1) is 6.92 Å². The smallest absolute Gasteiger partial charge is 0.292 e. The van der Waals surface area contributed by atoms with E-state index in [2.05, 4.69) is 0 Å². The maximum Gasteiger partial charge on any atom is 0.334 e. The molecule has 1 saturated heterocycles. The molecule has 6 heteroatoms. The molecule has 2 rings (SSSR count). The fourth-order valence-corrected chi connectivity index (χ4v) is 1.94. The van der Waals surface area contributed by atoms with Crippen molar-refractivity contribution in [2.75, 3.05) is 13.1 Å². The Kier molecular flexibility index (Phi) is 3.65. The Bertz CT molecular complexity index is 592. The molecule has 1 fully saturated rings. The largest absolute Gasteiger partial charge is 0.334 e. The van der Waals surface area contributed by atoms with Gasteiger partial charge in [0, 0.05) is 12.1 Å². The van der Waals surface area contributed by atoms with Crippen molar-refractivity contribution in [1.29, 1.82) is 0 Å². The highest BCUT2D eigenvalue weighted by Gasteiger charge is 2.44. The third kappa shape index (κ3) is 2.32. The van der Waals surface area contributed by atoms with Crippen LogP contribution in [0.1, 0.15) is 22.8 Å². The quantitative estimate of drug-likeness (QED) is 0.466. The number of likely N-dealkylation sites (N-methyl/N-ethyl adjacent to an activating group) is 1. The van der Waals surface area contributed by atoms with Gasteiger partial charge in [-0.3, -0.25) is 19.3 Å². The Hall–Kier alpha value is -2.50. The summed E-state index contributed by atoms with van der Waals surface area (Å²) in [4.78, 5) is 48.6. The molecule has 0 aliphatic carbocycles. The molecule has 0 unspecified atom stereocenters. The molecule has 0 N–H and O–H groups in total. The Morgan fingerprint density at radius 3 is 2.05 bits per heavy atom. The first-order valence-corrected chi connectivity index (χ1v) is 6.23. The summed E-state index contributed by atoms with van der Waals surface area (Å²) in [6, 6.07) is 6.06. The summed E-state index contributed by atoms with van der Waals surface area (Å²) in [6.45, 7) is 3.18. The number of imide groups is 2. The maximum absolute atomic E-state index is 12.0. The minimum atomic E-state index is -0.947. The van der Waals surface area contributed by atoms with E-state index in [0.29, 0.717) is 10.5 Å². The molecule has 1 aromatic carbocycles. The summed E-state index contributed by atoms with van der Waals surface area (Å²) >= 11 is 0. The molecule has 0 bridgehead atoms. The van der Waals surface area contributed by atoms with E-state index in [1.54, 1.807) is 31.2 Å². The first kappa shape index (κ1) is 13.9. The molecule has 104 valence electrons. The van der Waals surface area contributed by atoms with E-state index in [0.717, 1.165) is 10.5 Å². The van der Waals surface area contributed by atoms with Crippen LogP contribution in [0.15, 0.2) is 24.3 Å². The monoisotopic (exact) mass is 274 g/mol. The van der Waals surface area contributed by atoms with Crippen molar-refractivity contribution < 1.29 is 19.2 Å². The summed E-state index contributed by atoms with van der Waals surface area (Å²) in [5.41, 5.74) is 1.40. The van der Waals surface area contributed by atoms with Crippen molar-refractivity contribution in [3.63, 3.8) is 0 Å². The van der Waals surface area contributed by atoms with E-state index >= 15 is 0 Å². The van der Waals surface area contributed by atoms with Gasteiger partial charge in [0.25, 0.3) is 0 Å². The van der Waals surface area contributed by atoms with E-state index in [1.165, 1.54) is 0 Å². The number of hydrogen-bond donors (Lipinski definition) is 0. The summed E-state index contributed by atoms with van der Waals surface area (Å²) in [5, 5.41) is 0. The number of urea groups is 1. The van der Waals surface area contributed by atoms with Crippen molar-refractivity contribution in [1.82, 2.24) is 9.80 Å². The summed E-state index contributed by atoms with van der Waals surface area (Å²) < 4.78 is 0. The summed E-state index contributed by atoms with van der Waals surface area (Å²) in [7, 11) is 0. The van der Waals surface area contributed by atoms with Crippen molar-refractivity contribution in [3.05, 3.63) is 35.4 Å². The van der Waals surface area contributed by atoms with E-state index in [4.69, 9.17) is 0 Å². The zero-order chi connectivity index (χ0) is 14.9. The highest BCUT2D eigenvalue weighted by Crippen LogP contribution is 2.13. The second-order valence-corrected chi connectivity index (χ2v) is 4.51. The molecule has 0 atom stereocenters. The van der Waals surface area contributed by atoms with Crippen LogP contribution in [0.3, 0.4) is 0 Å². The minimum absolute atomic E-state index is 0.110. The topological polar surface area (TPSA) is 74.8 Å². The lowest BCUT2D eigenvalue weighted by molar-refractivity contribution is -0.143. The number of rotatable bonds is 4. The number of carbonyl (C=O) groups excluding carboxylic acids is 4. The molecule has 1 heterocycles. The average Bonchev–Trinajstić information content (AvgIpc) is 2.63. The first-order valence-electron chi connectivity index (χ1n) is 6.23. The van der Waals surface area contributed by atoms with Gasteiger partial charge < -0.3 is 0 Å². The standard InChI is InChI=1S/C14H14N2O4/c1-3-15-12(18)13(19)16(14(15)20)8-11(17)10-6-4-9(2)5-7-10/h4-7H,3,8H2,1-2H3. The zero-order valence-corrected chi connectivity index (χ0v) is 11.3. The number of benzene rings is 1. The minimum Gasteiger partial charge on any atom is -0.292 e. The highest BCUT2D eigenvalue weighted by atomic mass is 16.2. The fourth-order valence-electron chi connectivity index (χ4n) is 1.94. The predicted molar refractivity (Wildman–Crippen MR) is 70.0 cm³/mol. The lowest BCUT2D eigenvalue weighted by atomic mass is 10.1. The number of aryl methyl sites for hydroxylation is 1. The molecule has 20 heavy (non-hydrogen) atoms. The first-order chi connectivity index (χ1) is 9.45. The Morgan fingerprint density at radius 1 is 1.00 bits per heavy atom. The molecule has 4 amide bonds. The number of hydrogen-bond acceptors (Lipinski definition) is 4. The van der Waals surface area contributed by atoms with Gasteiger partial charge in [-0.1, -0.05) is 29.8 Å². The molecule has 1 aliphatic heterocycles. The lowest BCUT2D eigenvalue weighted by Crippen LogP contribution is -2.36. The van der Waals surface area contributed by atoms with Crippen molar-refractivity contribution in [3.8, 4) is 0 Å². The van der Waals surface area contributed by atoms with Gasteiger partial charge in [0.05, 0.1) is 6.54 Å². The van der Waals surface area contributed by atoms with Crippen LogP contribution in [-0.2, 0) is 9.59 Å². The van der Waals surface area contributed by atoms with Gasteiger partial charge in [-0.25, -0.2) is 9.69 Å². The average molecular weight is 274 g/mol. The molecule has 6 nitrogen and oxygen atoms in total. The van der Waals surface area contributed by atoms with E-state index in [1.807, 2.05) is 6.92 Å². The molecule has 0 aromatic heterocycles. The van der Waals surface area contributed by atoms with Crippen LogP contribution in [-0.4, -0.2) is 46.5 Å². The Morgan fingerprint density at radius 2 is 1.55 bits per heavy atom. The van der Waals surface area contributed by atoms with E-state index in [9.17, 15) is 19.2 Å². The normalized spacial score (nSPS) is 15.2. The van der Waals surface area contributed by atoms with Gasteiger partial charge >= 0.3 is 17.8 Å². The molecule has 0 radical (unpaired) electrons. The summed E-state index contributed by atoms with van der Waals surface area (Å²) in [6.07, 6.45) is 0. The van der Waals surface area contributed by atoms with E-state index in [-0.39, 0.29) is 12.3 Å². The van der Waals surface area contributed by atoms with Crippen molar-refractivity contribution in [2.24, 2.45) is 0 Å². The number of amides is 4. The van der Waals surface area contributed by atoms with Crippen LogP contribution >= 0.6 is 0 Å². The number of Topliss-reactive ketones (excluding diaryl/α,β-unsaturated/α-hetero) is 1. The molecule has 0 spiro atoms. The Balaban J connectivity index is 2.16. The molecular formula is C14H14N2O4. The lowest BCUT2D eigenvalue weighted by Gasteiger charge is -2.13. The highest BCUT2D eigenvalue weighted by molar-refractivity contribution is 6.45. The maximum atomic E-state index is 12.0. The van der Waals surface area contributed by atoms with Crippen molar-refractivity contribution >= 4 is 23.6 Å². The van der Waals surface area contributed by atoms with Crippen LogP contribution in [0.25, 0.3) is 0 Å². The van der Waals surface area contributed by atoms with Gasteiger partial charge in [-0.15, -0.1) is 0 Å². The van der Waals surface area contributed by atoms with Crippen LogP contribution in [0.4, 0.5) is 4.79 Å². The van der Waals surface area contributed by atoms with Gasteiger partial charge in [0.2, 0.25) is 0 Å². The van der Waals surface area contributed by atoms with Crippen LogP contribution < -0.4 is 0 Å². The van der Waals surface area contributed by atoms with E-state index < -0.39 is 24.4 Å². The Labute approximate surface area is 116 Å². The second-order valence-electron chi connectivity index (χ2n) is 4.51. The van der Waals surface area contributed by atoms with Crippen molar-refractivity contribution in [2.45, 2.75) is 13.8 Å². The van der Waals surface area contributed by atoms with Gasteiger partial charge in [0.1, 0.15) is 0 Å². The predicted octanol–water partition coefficient (Wildman–Crippen LogP) is 0.988. The number of carbonyl (C=O) groups is 4. The fraction of sp³-hybridized carbons (Fsp3) is 0.286. The molecule has 0 saturated carbocycles. The number of nitrogens with zero attached hydrogens (tertiary/aromatic N) is 2. The van der Waals surface area contributed by atoms with Gasteiger partial charge in [0.15, 0.2) is 5.78 Å². The second kappa shape index (κ2) is 5.24. The number of ketones is 1. The third-order valence-corrected chi connectivity index (χ3v) is 3.13. The molecular weight excluding hydrogens is 260 g/mol.